The summed E-state index contributed by atoms with van der Waals surface area (Å²) >= 11 is 0. The Hall–Kier alpha value is -2.24. The van der Waals surface area contributed by atoms with Gasteiger partial charge in [-0.2, -0.15) is 0 Å². The minimum atomic E-state index is 0.891. The highest BCUT2D eigenvalue weighted by atomic mass is 16.5. The lowest BCUT2D eigenvalue weighted by molar-refractivity contribution is -1.02. The molecule has 2 aromatic rings. The fraction of sp³-hybridized carbons (Fsp3) is 0.429. The SMILES string of the molecule is COc1cccc(C[NH+]2CC[NH+](Cc3cc(OC)ccc3OC)CC2)c1. The number of methoxy groups -OCH3 is 3. The van der Waals surface area contributed by atoms with Crippen molar-refractivity contribution >= 4 is 0 Å². The summed E-state index contributed by atoms with van der Waals surface area (Å²) in [5.41, 5.74) is 2.57. The molecule has 0 aliphatic carbocycles. The van der Waals surface area contributed by atoms with Gasteiger partial charge >= 0.3 is 0 Å². The molecule has 0 atom stereocenters. The molecule has 0 bridgehead atoms. The molecule has 0 saturated carbocycles. The maximum absolute atomic E-state index is 5.52. The average Bonchev–Trinajstić information content (AvgIpc) is 2.69. The van der Waals surface area contributed by atoms with Crippen molar-refractivity contribution in [1.29, 1.82) is 0 Å². The van der Waals surface area contributed by atoms with E-state index in [9.17, 15) is 0 Å². The van der Waals surface area contributed by atoms with Gasteiger partial charge in [-0.05, 0) is 30.3 Å². The largest absolute Gasteiger partial charge is 0.497 e. The van der Waals surface area contributed by atoms with Gasteiger partial charge in [0.05, 0.1) is 26.9 Å². The normalized spacial score (nSPS) is 19.8. The molecule has 26 heavy (non-hydrogen) atoms. The van der Waals surface area contributed by atoms with Gasteiger partial charge in [-0.1, -0.05) is 12.1 Å². The molecule has 0 amide bonds. The van der Waals surface area contributed by atoms with Gasteiger partial charge in [0.15, 0.2) is 0 Å². The highest BCUT2D eigenvalue weighted by molar-refractivity contribution is 5.39. The van der Waals surface area contributed by atoms with Gasteiger partial charge in [-0.25, -0.2) is 0 Å². The van der Waals surface area contributed by atoms with Gasteiger partial charge < -0.3 is 24.0 Å². The molecule has 3 rings (SSSR count). The van der Waals surface area contributed by atoms with Gasteiger partial charge in [-0.3, -0.25) is 0 Å². The maximum Gasteiger partial charge on any atom is 0.127 e. The summed E-state index contributed by atoms with van der Waals surface area (Å²) in [6.07, 6.45) is 0. The topological polar surface area (TPSA) is 36.6 Å². The molecule has 1 fully saturated rings. The van der Waals surface area contributed by atoms with Crippen molar-refractivity contribution in [2.45, 2.75) is 13.1 Å². The Morgan fingerprint density at radius 3 is 2.04 bits per heavy atom. The molecular weight excluding hydrogens is 328 g/mol. The summed E-state index contributed by atoms with van der Waals surface area (Å²) in [5.74, 6) is 2.78. The molecule has 0 unspecified atom stereocenters. The highest BCUT2D eigenvalue weighted by Crippen LogP contribution is 2.23. The van der Waals surface area contributed by atoms with Crippen LogP contribution in [0.1, 0.15) is 11.1 Å². The standard InChI is InChI=1S/C21H28N2O3/c1-24-19-6-4-5-17(13-19)15-22-9-11-23(12-10-22)16-18-14-20(25-2)7-8-21(18)26-3/h4-8,13-14H,9-12,15-16H2,1-3H3/p+2. The minimum absolute atomic E-state index is 0.891. The van der Waals surface area contributed by atoms with E-state index in [1.165, 1.54) is 37.3 Å². The quantitative estimate of drug-likeness (QED) is 0.742. The van der Waals surface area contributed by atoms with E-state index in [0.717, 1.165) is 30.3 Å². The monoisotopic (exact) mass is 358 g/mol. The van der Waals surface area contributed by atoms with Crippen LogP contribution in [-0.2, 0) is 13.1 Å². The lowest BCUT2D eigenvalue weighted by Gasteiger charge is -2.30. The van der Waals surface area contributed by atoms with Crippen LogP contribution in [0.15, 0.2) is 42.5 Å². The van der Waals surface area contributed by atoms with Crippen LogP contribution in [0, 0.1) is 0 Å². The lowest BCUT2D eigenvalue weighted by Crippen LogP contribution is -3.27. The molecule has 0 spiro atoms. The third kappa shape index (κ3) is 4.68. The second-order valence-corrected chi connectivity index (χ2v) is 6.88. The molecule has 1 aliphatic rings. The van der Waals surface area contributed by atoms with Crippen molar-refractivity contribution < 1.29 is 24.0 Å². The molecule has 0 radical (unpaired) electrons. The summed E-state index contributed by atoms with van der Waals surface area (Å²) in [5, 5.41) is 0. The Morgan fingerprint density at radius 2 is 1.38 bits per heavy atom. The van der Waals surface area contributed by atoms with Gasteiger partial charge in [0.1, 0.15) is 56.5 Å². The van der Waals surface area contributed by atoms with Crippen molar-refractivity contribution in [3.8, 4) is 17.2 Å². The van der Waals surface area contributed by atoms with E-state index in [1.54, 1.807) is 31.1 Å². The Balaban J connectivity index is 1.55. The molecule has 5 heteroatoms. The molecule has 5 nitrogen and oxygen atoms in total. The molecule has 0 aromatic heterocycles. The zero-order valence-electron chi connectivity index (χ0n) is 16.0. The van der Waals surface area contributed by atoms with Crippen molar-refractivity contribution in [3.05, 3.63) is 53.6 Å². The third-order valence-corrected chi connectivity index (χ3v) is 5.18. The molecule has 2 aromatic carbocycles. The fourth-order valence-corrected chi connectivity index (χ4v) is 3.67. The van der Waals surface area contributed by atoms with Crippen LogP contribution in [0.2, 0.25) is 0 Å². The van der Waals surface area contributed by atoms with Crippen molar-refractivity contribution in [3.63, 3.8) is 0 Å². The predicted molar refractivity (Wildman–Crippen MR) is 101 cm³/mol. The van der Waals surface area contributed by atoms with E-state index >= 15 is 0 Å². The van der Waals surface area contributed by atoms with E-state index in [2.05, 4.69) is 24.3 Å². The Kier molecular flexibility index (Phi) is 6.36. The smallest absolute Gasteiger partial charge is 0.127 e. The van der Waals surface area contributed by atoms with Crippen LogP contribution < -0.4 is 24.0 Å². The van der Waals surface area contributed by atoms with Gasteiger partial charge in [0, 0.05) is 5.56 Å². The second kappa shape index (κ2) is 8.92. The zero-order valence-corrected chi connectivity index (χ0v) is 16.0. The molecule has 1 aliphatic heterocycles. The summed E-state index contributed by atoms with van der Waals surface area (Å²) in [6.45, 7) is 6.73. The van der Waals surface area contributed by atoms with Crippen LogP contribution in [-0.4, -0.2) is 47.5 Å². The van der Waals surface area contributed by atoms with Crippen LogP contribution in [0.3, 0.4) is 0 Å². The van der Waals surface area contributed by atoms with E-state index in [1.807, 2.05) is 18.2 Å². The number of nitrogens with one attached hydrogen (secondary N) is 2. The number of hydrogen-bond acceptors (Lipinski definition) is 3. The first-order valence-electron chi connectivity index (χ1n) is 9.22. The number of piperazine rings is 1. The van der Waals surface area contributed by atoms with Gasteiger partial charge in [-0.15, -0.1) is 0 Å². The minimum Gasteiger partial charge on any atom is -0.497 e. The third-order valence-electron chi connectivity index (χ3n) is 5.18. The number of hydrogen-bond donors (Lipinski definition) is 2. The van der Waals surface area contributed by atoms with Gasteiger partial charge in [0.25, 0.3) is 0 Å². The van der Waals surface area contributed by atoms with Crippen LogP contribution in [0.5, 0.6) is 17.2 Å². The first-order valence-corrected chi connectivity index (χ1v) is 9.22. The van der Waals surface area contributed by atoms with Crippen molar-refractivity contribution in [2.75, 3.05) is 47.5 Å². The second-order valence-electron chi connectivity index (χ2n) is 6.88. The van der Waals surface area contributed by atoms with E-state index < -0.39 is 0 Å². The van der Waals surface area contributed by atoms with E-state index in [0.29, 0.717) is 0 Å². The summed E-state index contributed by atoms with van der Waals surface area (Å²) in [4.78, 5) is 3.24. The number of rotatable bonds is 7. The Morgan fingerprint density at radius 1 is 0.731 bits per heavy atom. The first-order chi connectivity index (χ1) is 12.7. The molecule has 1 saturated heterocycles. The van der Waals surface area contributed by atoms with Crippen LogP contribution in [0.25, 0.3) is 0 Å². The maximum atomic E-state index is 5.52. The summed E-state index contributed by atoms with van der Waals surface area (Å²) in [7, 11) is 5.16. The summed E-state index contributed by atoms with van der Waals surface area (Å²) < 4.78 is 16.2. The van der Waals surface area contributed by atoms with E-state index in [4.69, 9.17) is 14.2 Å². The average molecular weight is 358 g/mol. The fourth-order valence-electron chi connectivity index (χ4n) is 3.67. The van der Waals surface area contributed by atoms with Crippen molar-refractivity contribution in [1.82, 2.24) is 0 Å². The molecule has 2 N–H and O–H groups in total. The lowest BCUT2D eigenvalue weighted by atomic mass is 10.1. The van der Waals surface area contributed by atoms with Crippen LogP contribution in [0.4, 0.5) is 0 Å². The number of quaternary nitrogens is 2. The molecule has 1 heterocycles. The first kappa shape index (κ1) is 18.5. The molecule has 140 valence electrons. The zero-order chi connectivity index (χ0) is 18.4. The van der Waals surface area contributed by atoms with Gasteiger partial charge in [0.2, 0.25) is 0 Å². The van der Waals surface area contributed by atoms with Crippen LogP contribution >= 0.6 is 0 Å². The Bertz CT molecular complexity index is 712. The Labute approximate surface area is 156 Å². The highest BCUT2D eigenvalue weighted by Gasteiger charge is 2.24. The number of benzene rings is 2. The predicted octanol–water partition coefficient (Wildman–Crippen LogP) is 0.196. The van der Waals surface area contributed by atoms with Crippen molar-refractivity contribution in [2.24, 2.45) is 0 Å². The molecular formula is C21H30N2O3+2. The number of ether oxygens (including phenoxy) is 3. The van der Waals surface area contributed by atoms with E-state index in [-0.39, 0.29) is 0 Å². The summed E-state index contributed by atoms with van der Waals surface area (Å²) in [6, 6.07) is 14.5.